The number of carbonyl (C=O) groups excluding carboxylic acids is 1. The zero-order valence-corrected chi connectivity index (χ0v) is 9.08. The molecule has 1 aliphatic carbocycles. The van der Waals surface area contributed by atoms with Crippen molar-refractivity contribution in [2.24, 2.45) is 4.99 Å². The first-order valence-electron chi connectivity index (χ1n) is 4.56. The van der Waals surface area contributed by atoms with Gasteiger partial charge in [-0.25, -0.2) is 4.79 Å². The van der Waals surface area contributed by atoms with Gasteiger partial charge in [0, 0.05) is 5.92 Å². The average molecular weight is 257 g/mol. The lowest BCUT2D eigenvalue weighted by Gasteiger charge is -2.02. The minimum atomic E-state index is 0.293. The SMILES string of the molecule is O=C=Nc1noc(C2CCCC2)c1Br. The first-order valence-corrected chi connectivity index (χ1v) is 5.35. The third kappa shape index (κ3) is 1.65. The van der Waals surface area contributed by atoms with E-state index < -0.39 is 0 Å². The minimum Gasteiger partial charge on any atom is -0.358 e. The quantitative estimate of drug-likeness (QED) is 0.604. The van der Waals surface area contributed by atoms with Gasteiger partial charge >= 0.3 is 0 Å². The standard InChI is InChI=1S/C9H9BrN2O2/c10-7-8(6-3-1-2-4-6)14-12-9(7)11-5-13/h6H,1-4H2. The van der Waals surface area contributed by atoms with Crippen molar-refractivity contribution in [3.63, 3.8) is 0 Å². The first-order chi connectivity index (χ1) is 6.83. The summed E-state index contributed by atoms with van der Waals surface area (Å²) < 4.78 is 5.86. The number of aromatic nitrogens is 1. The van der Waals surface area contributed by atoms with Gasteiger partial charge in [-0.1, -0.05) is 18.0 Å². The zero-order valence-electron chi connectivity index (χ0n) is 7.49. The summed E-state index contributed by atoms with van der Waals surface area (Å²) in [6.07, 6.45) is 6.15. The van der Waals surface area contributed by atoms with Gasteiger partial charge in [-0.2, -0.15) is 0 Å². The molecule has 0 aromatic carbocycles. The summed E-state index contributed by atoms with van der Waals surface area (Å²) in [4.78, 5) is 13.5. The van der Waals surface area contributed by atoms with Crippen LogP contribution in [0.2, 0.25) is 0 Å². The Morgan fingerprint density at radius 1 is 1.50 bits per heavy atom. The van der Waals surface area contributed by atoms with Crippen LogP contribution in [-0.2, 0) is 4.79 Å². The van der Waals surface area contributed by atoms with E-state index in [2.05, 4.69) is 26.1 Å². The lowest BCUT2D eigenvalue weighted by Crippen LogP contribution is -1.89. The predicted molar refractivity (Wildman–Crippen MR) is 53.2 cm³/mol. The van der Waals surface area contributed by atoms with Gasteiger partial charge in [-0.3, -0.25) is 0 Å². The molecule has 5 heteroatoms. The van der Waals surface area contributed by atoms with Gasteiger partial charge in [0.05, 0.1) is 0 Å². The molecular formula is C9H9BrN2O2. The van der Waals surface area contributed by atoms with Crippen molar-refractivity contribution in [1.29, 1.82) is 0 Å². The minimum absolute atomic E-state index is 0.293. The third-order valence-corrected chi connectivity index (χ3v) is 3.27. The summed E-state index contributed by atoms with van der Waals surface area (Å²) in [5.74, 6) is 1.53. The Kier molecular flexibility index (Phi) is 2.79. The Morgan fingerprint density at radius 3 is 2.86 bits per heavy atom. The second-order valence-corrected chi connectivity index (χ2v) is 4.16. The van der Waals surface area contributed by atoms with E-state index in [4.69, 9.17) is 4.52 Å². The van der Waals surface area contributed by atoms with Crippen LogP contribution in [0.25, 0.3) is 0 Å². The average Bonchev–Trinajstić information content (AvgIpc) is 2.77. The Balaban J connectivity index is 2.30. The first kappa shape index (κ1) is 9.62. The molecule has 0 spiro atoms. The highest BCUT2D eigenvalue weighted by Gasteiger charge is 2.25. The molecule has 0 atom stereocenters. The van der Waals surface area contributed by atoms with Crippen molar-refractivity contribution in [1.82, 2.24) is 5.16 Å². The van der Waals surface area contributed by atoms with Gasteiger partial charge in [0.15, 0.2) is 5.76 Å². The van der Waals surface area contributed by atoms with E-state index in [1.807, 2.05) is 0 Å². The van der Waals surface area contributed by atoms with E-state index in [1.165, 1.54) is 18.9 Å². The van der Waals surface area contributed by atoms with Crippen molar-refractivity contribution in [2.75, 3.05) is 0 Å². The molecule has 0 saturated heterocycles. The summed E-state index contributed by atoms with van der Waals surface area (Å²) in [6, 6.07) is 0. The molecule has 1 saturated carbocycles. The lowest BCUT2D eigenvalue weighted by molar-refractivity contribution is 0.361. The molecule has 1 aromatic rings. The molecule has 2 rings (SSSR count). The fourth-order valence-corrected chi connectivity index (χ4v) is 2.39. The Labute approximate surface area is 89.5 Å². The van der Waals surface area contributed by atoms with Crippen LogP contribution >= 0.6 is 15.9 Å². The van der Waals surface area contributed by atoms with E-state index in [1.54, 1.807) is 0 Å². The predicted octanol–water partition coefficient (Wildman–Crippen LogP) is 3.06. The van der Waals surface area contributed by atoms with Crippen molar-refractivity contribution in [3.05, 3.63) is 10.2 Å². The highest BCUT2D eigenvalue weighted by Crippen LogP contribution is 2.40. The van der Waals surface area contributed by atoms with Crippen LogP contribution in [0.15, 0.2) is 14.0 Å². The normalized spacial score (nSPS) is 16.9. The summed E-state index contributed by atoms with van der Waals surface area (Å²) in [5, 5.41) is 3.70. The maximum absolute atomic E-state index is 10.1. The molecule has 14 heavy (non-hydrogen) atoms. The highest BCUT2D eigenvalue weighted by molar-refractivity contribution is 9.10. The molecule has 74 valence electrons. The smallest absolute Gasteiger partial charge is 0.242 e. The van der Waals surface area contributed by atoms with Crippen LogP contribution in [-0.4, -0.2) is 11.2 Å². The fraction of sp³-hybridized carbons (Fsp3) is 0.556. The molecular weight excluding hydrogens is 248 g/mol. The molecule has 0 aliphatic heterocycles. The molecule has 1 fully saturated rings. The van der Waals surface area contributed by atoms with Crippen LogP contribution in [0.5, 0.6) is 0 Å². The third-order valence-electron chi connectivity index (χ3n) is 2.52. The van der Waals surface area contributed by atoms with Gasteiger partial charge in [-0.05, 0) is 28.8 Å². The monoisotopic (exact) mass is 256 g/mol. The highest BCUT2D eigenvalue weighted by atomic mass is 79.9. The Morgan fingerprint density at radius 2 is 2.21 bits per heavy atom. The fourth-order valence-electron chi connectivity index (χ4n) is 1.84. The largest absolute Gasteiger partial charge is 0.358 e. The molecule has 0 N–H and O–H groups in total. The van der Waals surface area contributed by atoms with Gasteiger partial charge in [0.1, 0.15) is 4.47 Å². The molecule has 1 aromatic heterocycles. The van der Waals surface area contributed by atoms with Crippen LogP contribution in [0.1, 0.15) is 37.4 Å². The van der Waals surface area contributed by atoms with Gasteiger partial charge in [-0.15, -0.1) is 4.99 Å². The van der Waals surface area contributed by atoms with Crippen LogP contribution in [0, 0.1) is 0 Å². The van der Waals surface area contributed by atoms with E-state index in [9.17, 15) is 4.79 Å². The number of rotatable bonds is 2. The maximum atomic E-state index is 10.1. The number of halogens is 1. The van der Waals surface area contributed by atoms with Crippen LogP contribution < -0.4 is 0 Å². The molecule has 0 amide bonds. The van der Waals surface area contributed by atoms with E-state index in [0.29, 0.717) is 16.2 Å². The molecule has 0 unspecified atom stereocenters. The van der Waals surface area contributed by atoms with Crippen LogP contribution in [0.4, 0.5) is 5.82 Å². The molecule has 1 aliphatic rings. The number of hydrogen-bond donors (Lipinski definition) is 0. The summed E-state index contributed by atoms with van der Waals surface area (Å²) in [5.41, 5.74) is 0. The topological polar surface area (TPSA) is 55.5 Å². The van der Waals surface area contributed by atoms with E-state index >= 15 is 0 Å². The second-order valence-electron chi connectivity index (χ2n) is 3.37. The number of aliphatic imine (C=N–C) groups is 1. The summed E-state index contributed by atoms with van der Waals surface area (Å²) in [7, 11) is 0. The number of nitrogens with zero attached hydrogens (tertiary/aromatic N) is 2. The maximum Gasteiger partial charge on any atom is 0.242 e. The number of isocyanates is 1. The van der Waals surface area contributed by atoms with Crippen molar-refractivity contribution >= 4 is 27.8 Å². The van der Waals surface area contributed by atoms with E-state index in [-0.39, 0.29) is 0 Å². The lowest BCUT2D eigenvalue weighted by atomic mass is 10.1. The summed E-state index contributed by atoms with van der Waals surface area (Å²) >= 11 is 3.33. The van der Waals surface area contributed by atoms with Gasteiger partial charge in [0.2, 0.25) is 11.9 Å². The second kappa shape index (κ2) is 4.07. The Hall–Kier alpha value is -0.930. The molecule has 0 bridgehead atoms. The molecule has 1 heterocycles. The van der Waals surface area contributed by atoms with Crippen molar-refractivity contribution in [3.8, 4) is 0 Å². The molecule has 4 nitrogen and oxygen atoms in total. The van der Waals surface area contributed by atoms with Crippen molar-refractivity contribution < 1.29 is 9.32 Å². The number of hydrogen-bond acceptors (Lipinski definition) is 4. The van der Waals surface area contributed by atoms with Crippen molar-refractivity contribution in [2.45, 2.75) is 31.6 Å². The van der Waals surface area contributed by atoms with Crippen LogP contribution in [0.3, 0.4) is 0 Å². The Bertz CT molecular complexity index is 376. The van der Waals surface area contributed by atoms with E-state index in [0.717, 1.165) is 18.6 Å². The van der Waals surface area contributed by atoms with Gasteiger partial charge in [0.25, 0.3) is 0 Å². The van der Waals surface area contributed by atoms with Gasteiger partial charge < -0.3 is 4.52 Å². The zero-order chi connectivity index (χ0) is 9.97. The summed E-state index contributed by atoms with van der Waals surface area (Å²) in [6.45, 7) is 0. The molecule has 0 radical (unpaired) electrons.